The van der Waals surface area contributed by atoms with Gasteiger partial charge in [-0.05, 0) is 75.2 Å². The Morgan fingerprint density at radius 1 is 0.756 bits per heavy atom. The SMILES string of the molecule is Cc1ccc(SOCCOCCOCCOc2ccc(/C=C/c3ccc(N(C)C(=O)OC(C)(C)C)cc3)cc2)cc1. The van der Waals surface area contributed by atoms with Crippen LogP contribution in [-0.2, 0) is 18.4 Å². The van der Waals surface area contributed by atoms with E-state index in [0.717, 1.165) is 27.5 Å². The highest BCUT2D eigenvalue weighted by Gasteiger charge is 2.20. The molecule has 0 unspecified atom stereocenters. The Balaban J connectivity index is 1.25. The zero-order valence-electron chi connectivity index (χ0n) is 24.6. The first-order valence-electron chi connectivity index (χ1n) is 13.7. The average molecular weight is 580 g/mol. The number of hydrogen-bond acceptors (Lipinski definition) is 7. The van der Waals surface area contributed by atoms with Crippen molar-refractivity contribution in [1.82, 2.24) is 0 Å². The van der Waals surface area contributed by atoms with Crippen molar-refractivity contribution in [3.8, 4) is 5.75 Å². The van der Waals surface area contributed by atoms with Gasteiger partial charge in [-0.15, -0.1) is 0 Å². The molecule has 3 rings (SSSR count). The van der Waals surface area contributed by atoms with Crippen LogP contribution in [0.1, 0.15) is 37.5 Å². The number of benzene rings is 3. The molecular weight excluding hydrogens is 538 g/mol. The average Bonchev–Trinajstić information content (AvgIpc) is 2.95. The number of aryl methyl sites for hydroxylation is 1. The second-order valence-corrected chi connectivity index (χ2v) is 11.2. The molecule has 41 heavy (non-hydrogen) atoms. The Kier molecular flexibility index (Phi) is 13.2. The van der Waals surface area contributed by atoms with E-state index in [9.17, 15) is 4.79 Å². The first-order valence-corrected chi connectivity index (χ1v) is 14.4. The highest BCUT2D eigenvalue weighted by molar-refractivity contribution is 7.94. The van der Waals surface area contributed by atoms with Crippen LogP contribution in [-0.4, -0.2) is 58.4 Å². The van der Waals surface area contributed by atoms with Gasteiger partial charge in [-0.1, -0.05) is 54.1 Å². The quantitative estimate of drug-likeness (QED) is 0.104. The van der Waals surface area contributed by atoms with Crippen LogP contribution in [0.15, 0.2) is 77.7 Å². The Morgan fingerprint density at radius 2 is 1.29 bits per heavy atom. The molecule has 1 amide bonds. The Morgan fingerprint density at radius 3 is 1.88 bits per heavy atom. The number of ether oxygens (including phenoxy) is 4. The van der Waals surface area contributed by atoms with Crippen molar-refractivity contribution in [2.24, 2.45) is 0 Å². The number of rotatable bonds is 15. The van der Waals surface area contributed by atoms with E-state index in [1.165, 1.54) is 22.5 Å². The van der Waals surface area contributed by atoms with Gasteiger partial charge in [0.1, 0.15) is 18.0 Å². The molecule has 0 aliphatic rings. The van der Waals surface area contributed by atoms with Gasteiger partial charge in [-0.25, -0.2) is 4.79 Å². The number of hydrogen-bond donors (Lipinski definition) is 0. The van der Waals surface area contributed by atoms with Crippen LogP contribution in [0.3, 0.4) is 0 Å². The predicted octanol–water partition coefficient (Wildman–Crippen LogP) is 7.67. The monoisotopic (exact) mass is 579 g/mol. The Bertz CT molecular complexity index is 1200. The van der Waals surface area contributed by atoms with Gasteiger partial charge in [0, 0.05) is 29.7 Å². The van der Waals surface area contributed by atoms with Gasteiger partial charge in [0.2, 0.25) is 0 Å². The fraction of sp³-hybridized carbons (Fsp3) is 0.364. The van der Waals surface area contributed by atoms with Gasteiger partial charge in [-0.2, -0.15) is 0 Å². The van der Waals surface area contributed by atoms with Gasteiger partial charge < -0.3 is 23.1 Å². The normalized spacial score (nSPS) is 11.5. The molecule has 0 bridgehead atoms. The summed E-state index contributed by atoms with van der Waals surface area (Å²) in [7, 11) is 1.70. The summed E-state index contributed by atoms with van der Waals surface area (Å²) in [6, 6.07) is 23.8. The van der Waals surface area contributed by atoms with Crippen molar-refractivity contribution in [3.63, 3.8) is 0 Å². The largest absolute Gasteiger partial charge is 0.491 e. The van der Waals surface area contributed by atoms with Gasteiger partial charge in [0.05, 0.1) is 33.0 Å². The summed E-state index contributed by atoms with van der Waals surface area (Å²) in [5.74, 6) is 0.791. The lowest BCUT2D eigenvalue weighted by Gasteiger charge is -2.24. The molecular formula is C33H41NO6S. The van der Waals surface area contributed by atoms with Gasteiger partial charge in [-0.3, -0.25) is 4.90 Å². The lowest BCUT2D eigenvalue weighted by Crippen LogP contribution is -2.34. The van der Waals surface area contributed by atoms with E-state index in [1.54, 1.807) is 7.05 Å². The standard InChI is InChI=1S/C33H41NO6S/c1-26-6-18-31(19-7-26)41-39-25-23-37-21-20-36-22-24-38-30-16-12-28(13-17-30)9-8-27-10-14-29(15-11-27)34(5)32(35)40-33(2,3)4/h6-19H,20-25H2,1-5H3/b9-8+. The highest BCUT2D eigenvalue weighted by Crippen LogP contribution is 2.20. The molecule has 0 atom stereocenters. The van der Waals surface area contributed by atoms with Crippen LogP contribution in [0.4, 0.5) is 10.5 Å². The van der Waals surface area contributed by atoms with Crippen LogP contribution in [0.2, 0.25) is 0 Å². The van der Waals surface area contributed by atoms with Crippen LogP contribution in [0, 0.1) is 6.92 Å². The van der Waals surface area contributed by atoms with Gasteiger partial charge in [0.15, 0.2) is 0 Å². The fourth-order valence-corrected chi connectivity index (χ4v) is 3.98. The van der Waals surface area contributed by atoms with Crippen LogP contribution in [0.5, 0.6) is 5.75 Å². The van der Waals surface area contributed by atoms with Gasteiger partial charge >= 0.3 is 6.09 Å². The van der Waals surface area contributed by atoms with Gasteiger partial charge in [0.25, 0.3) is 0 Å². The highest BCUT2D eigenvalue weighted by atomic mass is 32.2. The van der Waals surface area contributed by atoms with E-state index in [-0.39, 0.29) is 6.09 Å². The number of anilines is 1. The number of nitrogens with zero attached hydrogens (tertiary/aromatic N) is 1. The van der Waals surface area contributed by atoms with E-state index < -0.39 is 5.60 Å². The maximum absolute atomic E-state index is 12.3. The van der Waals surface area contributed by atoms with Crippen LogP contribution < -0.4 is 9.64 Å². The summed E-state index contributed by atoms with van der Waals surface area (Å²) in [5.41, 5.74) is 3.56. The number of carbonyl (C=O) groups is 1. The molecule has 220 valence electrons. The Labute approximate surface area is 248 Å². The second-order valence-electron chi connectivity index (χ2n) is 10.3. The fourth-order valence-electron chi connectivity index (χ4n) is 3.45. The molecule has 3 aromatic rings. The summed E-state index contributed by atoms with van der Waals surface area (Å²) in [4.78, 5) is 14.8. The third kappa shape index (κ3) is 12.8. The topological polar surface area (TPSA) is 66.5 Å². The Hall–Kier alpha value is -3.30. The molecule has 0 saturated heterocycles. The summed E-state index contributed by atoms with van der Waals surface area (Å²) in [6.45, 7) is 10.6. The van der Waals surface area contributed by atoms with Crippen molar-refractivity contribution < 1.29 is 27.9 Å². The van der Waals surface area contributed by atoms with Crippen molar-refractivity contribution >= 4 is 36.0 Å². The molecule has 0 fully saturated rings. The minimum Gasteiger partial charge on any atom is -0.491 e. The lowest BCUT2D eigenvalue weighted by atomic mass is 10.1. The number of amides is 1. The first-order chi connectivity index (χ1) is 19.7. The van der Waals surface area contributed by atoms with E-state index in [1.807, 2.05) is 93.6 Å². The van der Waals surface area contributed by atoms with E-state index in [2.05, 4.69) is 19.1 Å². The van der Waals surface area contributed by atoms with E-state index >= 15 is 0 Å². The van der Waals surface area contributed by atoms with E-state index in [4.69, 9.17) is 23.1 Å². The van der Waals surface area contributed by atoms with E-state index in [0.29, 0.717) is 39.6 Å². The van der Waals surface area contributed by atoms with Crippen molar-refractivity contribution in [2.45, 2.75) is 38.2 Å². The third-order valence-electron chi connectivity index (χ3n) is 5.65. The summed E-state index contributed by atoms with van der Waals surface area (Å²) < 4.78 is 27.8. The zero-order chi connectivity index (χ0) is 29.5. The molecule has 0 radical (unpaired) electrons. The summed E-state index contributed by atoms with van der Waals surface area (Å²) in [6.07, 6.45) is 3.68. The maximum atomic E-state index is 12.3. The minimum absolute atomic E-state index is 0.380. The van der Waals surface area contributed by atoms with Crippen molar-refractivity contribution in [3.05, 3.63) is 89.5 Å². The van der Waals surface area contributed by atoms with Crippen molar-refractivity contribution in [2.75, 3.05) is 51.6 Å². The van der Waals surface area contributed by atoms with Crippen molar-refractivity contribution in [1.29, 1.82) is 0 Å². The molecule has 3 aromatic carbocycles. The molecule has 8 heteroatoms. The molecule has 0 saturated carbocycles. The smallest absolute Gasteiger partial charge is 0.414 e. The molecule has 0 aliphatic heterocycles. The molecule has 0 aromatic heterocycles. The molecule has 0 aliphatic carbocycles. The molecule has 0 heterocycles. The second kappa shape index (κ2) is 16.8. The first kappa shape index (κ1) is 32.2. The molecule has 7 nitrogen and oxygen atoms in total. The summed E-state index contributed by atoms with van der Waals surface area (Å²) in [5, 5.41) is 0. The maximum Gasteiger partial charge on any atom is 0.414 e. The summed E-state index contributed by atoms with van der Waals surface area (Å²) >= 11 is 1.36. The molecule has 0 spiro atoms. The predicted molar refractivity (Wildman–Crippen MR) is 167 cm³/mol. The molecule has 0 N–H and O–H groups in total. The lowest BCUT2D eigenvalue weighted by molar-refractivity contribution is 0.0291. The third-order valence-corrected chi connectivity index (χ3v) is 6.40. The van der Waals surface area contributed by atoms with Crippen LogP contribution >= 0.6 is 12.0 Å². The van der Waals surface area contributed by atoms with Crippen LogP contribution in [0.25, 0.3) is 12.2 Å². The zero-order valence-corrected chi connectivity index (χ0v) is 25.4. The minimum atomic E-state index is -0.532. The number of carbonyl (C=O) groups excluding carboxylic acids is 1.